The van der Waals surface area contributed by atoms with Gasteiger partial charge in [-0.05, 0) is 19.3 Å². The van der Waals surface area contributed by atoms with Gasteiger partial charge in [0.15, 0.2) is 0 Å². The third kappa shape index (κ3) is 2.24. The maximum atomic E-state index is 9.05. The highest BCUT2D eigenvalue weighted by Gasteiger charge is 2.23. The zero-order valence-corrected chi connectivity index (χ0v) is 11.1. The maximum Gasteiger partial charge on any atom is 0.127 e. The SMILES string of the molecule is Cc1c(-c2ccccc2)nn2c1NCC(CCO)C2. The molecule has 1 aliphatic rings. The Labute approximate surface area is 113 Å². The first-order valence-electron chi connectivity index (χ1n) is 6.77. The van der Waals surface area contributed by atoms with Crippen LogP contribution in [0.3, 0.4) is 0 Å². The molecule has 1 aromatic heterocycles. The van der Waals surface area contributed by atoms with Crippen molar-refractivity contribution in [3.05, 3.63) is 35.9 Å². The maximum absolute atomic E-state index is 9.05. The molecule has 0 fully saturated rings. The average molecular weight is 257 g/mol. The predicted molar refractivity (Wildman–Crippen MR) is 76.1 cm³/mol. The fourth-order valence-corrected chi connectivity index (χ4v) is 2.70. The molecule has 0 amide bonds. The lowest BCUT2D eigenvalue weighted by atomic mass is 10.0. The second-order valence-corrected chi connectivity index (χ2v) is 5.13. The molecule has 2 N–H and O–H groups in total. The van der Waals surface area contributed by atoms with Crippen molar-refractivity contribution in [3.8, 4) is 11.3 Å². The zero-order chi connectivity index (χ0) is 13.2. The summed E-state index contributed by atoms with van der Waals surface area (Å²) in [5, 5.41) is 17.2. The second-order valence-electron chi connectivity index (χ2n) is 5.13. The molecule has 2 heterocycles. The molecule has 4 nitrogen and oxygen atoms in total. The van der Waals surface area contributed by atoms with Crippen LogP contribution >= 0.6 is 0 Å². The summed E-state index contributed by atoms with van der Waals surface area (Å²) in [6, 6.07) is 10.3. The van der Waals surface area contributed by atoms with Gasteiger partial charge in [0.05, 0.1) is 5.69 Å². The summed E-state index contributed by atoms with van der Waals surface area (Å²) in [6.07, 6.45) is 0.825. The van der Waals surface area contributed by atoms with Crippen molar-refractivity contribution in [2.45, 2.75) is 19.9 Å². The highest BCUT2D eigenvalue weighted by atomic mass is 16.3. The van der Waals surface area contributed by atoms with E-state index in [0.717, 1.165) is 36.6 Å². The van der Waals surface area contributed by atoms with Crippen molar-refractivity contribution in [1.82, 2.24) is 9.78 Å². The van der Waals surface area contributed by atoms with Crippen LogP contribution in [-0.2, 0) is 6.54 Å². The van der Waals surface area contributed by atoms with Gasteiger partial charge in [0.25, 0.3) is 0 Å². The number of nitrogens with one attached hydrogen (secondary N) is 1. The third-order valence-electron chi connectivity index (χ3n) is 3.76. The first kappa shape index (κ1) is 12.2. The van der Waals surface area contributed by atoms with Gasteiger partial charge in [-0.3, -0.25) is 0 Å². The standard InChI is InChI=1S/C15H19N3O/c1-11-14(13-5-3-2-4-6-13)17-18-10-12(7-8-19)9-16-15(11)18/h2-6,12,16,19H,7-10H2,1H3. The quantitative estimate of drug-likeness (QED) is 0.887. The summed E-state index contributed by atoms with van der Waals surface area (Å²) < 4.78 is 2.04. The molecule has 0 radical (unpaired) electrons. The lowest BCUT2D eigenvalue weighted by Crippen LogP contribution is -2.28. The highest BCUT2D eigenvalue weighted by molar-refractivity contribution is 5.69. The molecule has 1 unspecified atom stereocenters. The van der Waals surface area contributed by atoms with Crippen LogP contribution in [0.1, 0.15) is 12.0 Å². The number of aliphatic hydroxyl groups excluding tert-OH is 1. The number of anilines is 1. The lowest BCUT2D eigenvalue weighted by Gasteiger charge is -2.24. The van der Waals surface area contributed by atoms with Crippen molar-refractivity contribution in [2.75, 3.05) is 18.5 Å². The van der Waals surface area contributed by atoms with Gasteiger partial charge in [-0.25, -0.2) is 4.68 Å². The molecule has 1 atom stereocenters. The fourth-order valence-electron chi connectivity index (χ4n) is 2.70. The Hall–Kier alpha value is -1.81. The van der Waals surface area contributed by atoms with Gasteiger partial charge in [-0.15, -0.1) is 0 Å². The molecule has 100 valence electrons. The van der Waals surface area contributed by atoms with Crippen molar-refractivity contribution >= 4 is 5.82 Å². The van der Waals surface area contributed by atoms with E-state index in [1.54, 1.807) is 0 Å². The van der Waals surface area contributed by atoms with E-state index in [0.29, 0.717) is 5.92 Å². The van der Waals surface area contributed by atoms with Crippen LogP contribution in [0, 0.1) is 12.8 Å². The number of hydrogen-bond donors (Lipinski definition) is 2. The van der Waals surface area contributed by atoms with Crippen molar-refractivity contribution in [1.29, 1.82) is 0 Å². The molecule has 0 bridgehead atoms. The van der Waals surface area contributed by atoms with Crippen molar-refractivity contribution in [2.24, 2.45) is 5.92 Å². The van der Waals surface area contributed by atoms with E-state index in [4.69, 9.17) is 10.2 Å². The Morgan fingerprint density at radius 1 is 1.37 bits per heavy atom. The van der Waals surface area contributed by atoms with E-state index in [2.05, 4.69) is 24.4 Å². The molecule has 2 aromatic rings. The van der Waals surface area contributed by atoms with E-state index in [9.17, 15) is 0 Å². The van der Waals surface area contributed by atoms with Gasteiger partial charge in [0, 0.05) is 30.8 Å². The Morgan fingerprint density at radius 2 is 2.16 bits per heavy atom. The Morgan fingerprint density at radius 3 is 2.89 bits per heavy atom. The zero-order valence-electron chi connectivity index (χ0n) is 11.1. The van der Waals surface area contributed by atoms with Gasteiger partial charge < -0.3 is 10.4 Å². The van der Waals surface area contributed by atoms with Crippen LogP contribution in [0.15, 0.2) is 30.3 Å². The fraction of sp³-hybridized carbons (Fsp3) is 0.400. The minimum atomic E-state index is 0.244. The van der Waals surface area contributed by atoms with Crippen LogP contribution < -0.4 is 5.32 Å². The number of aliphatic hydroxyl groups is 1. The van der Waals surface area contributed by atoms with Crippen molar-refractivity contribution < 1.29 is 5.11 Å². The monoisotopic (exact) mass is 257 g/mol. The second kappa shape index (κ2) is 5.05. The van der Waals surface area contributed by atoms with Crippen LogP contribution in [0.5, 0.6) is 0 Å². The summed E-state index contributed by atoms with van der Waals surface area (Å²) >= 11 is 0. The van der Waals surface area contributed by atoms with Crippen LogP contribution in [-0.4, -0.2) is 28.0 Å². The van der Waals surface area contributed by atoms with Crippen LogP contribution in [0.4, 0.5) is 5.82 Å². The molecular weight excluding hydrogens is 238 g/mol. The molecule has 3 rings (SSSR count). The number of aromatic nitrogens is 2. The van der Waals surface area contributed by atoms with E-state index in [1.807, 2.05) is 22.9 Å². The lowest BCUT2D eigenvalue weighted by molar-refractivity contribution is 0.244. The molecule has 1 aliphatic heterocycles. The third-order valence-corrected chi connectivity index (χ3v) is 3.76. The average Bonchev–Trinajstić information content (AvgIpc) is 2.77. The summed E-state index contributed by atoms with van der Waals surface area (Å²) in [4.78, 5) is 0. The van der Waals surface area contributed by atoms with Gasteiger partial charge in [0.2, 0.25) is 0 Å². The topological polar surface area (TPSA) is 50.1 Å². The van der Waals surface area contributed by atoms with E-state index >= 15 is 0 Å². The number of benzene rings is 1. The number of hydrogen-bond acceptors (Lipinski definition) is 3. The molecule has 0 spiro atoms. The Balaban J connectivity index is 1.94. The molecule has 0 saturated heterocycles. The van der Waals surface area contributed by atoms with E-state index < -0.39 is 0 Å². The van der Waals surface area contributed by atoms with Crippen LogP contribution in [0.2, 0.25) is 0 Å². The van der Waals surface area contributed by atoms with Crippen molar-refractivity contribution in [3.63, 3.8) is 0 Å². The smallest absolute Gasteiger partial charge is 0.127 e. The highest BCUT2D eigenvalue weighted by Crippen LogP contribution is 2.31. The van der Waals surface area contributed by atoms with E-state index in [1.165, 1.54) is 5.56 Å². The van der Waals surface area contributed by atoms with Gasteiger partial charge in [0.1, 0.15) is 5.82 Å². The Kier molecular flexibility index (Phi) is 3.25. The molecule has 0 saturated carbocycles. The number of fused-ring (bicyclic) bond motifs is 1. The number of rotatable bonds is 3. The largest absolute Gasteiger partial charge is 0.396 e. The summed E-state index contributed by atoms with van der Waals surface area (Å²) in [6.45, 7) is 4.16. The summed E-state index contributed by atoms with van der Waals surface area (Å²) in [7, 11) is 0. The van der Waals surface area contributed by atoms with Gasteiger partial charge in [-0.2, -0.15) is 5.10 Å². The number of nitrogens with zero attached hydrogens (tertiary/aromatic N) is 2. The molecule has 1 aromatic carbocycles. The first-order chi connectivity index (χ1) is 9.29. The van der Waals surface area contributed by atoms with Gasteiger partial charge in [-0.1, -0.05) is 30.3 Å². The van der Waals surface area contributed by atoms with E-state index in [-0.39, 0.29) is 6.61 Å². The molecule has 0 aliphatic carbocycles. The molecule has 19 heavy (non-hydrogen) atoms. The predicted octanol–water partition coefficient (Wildman–Crippen LogP) is 2.28. The van der Waals surface area contributed by atoms with Crippen LogP contribution in [0.25, 0.3) is 11.3 Å². The normalized spacial score (nSPS) is 17.9. The molecule has 4 heteroatoms. The molecular formula is C15H19N3O. The summed E-state index contributed by atoms with van der Waals surface area (Å²) in [5.74, 6) is 1.58. The first-order valence-corrected chi connectivity index (χ1v) is 6.77. The van der Waals surface area contributed by atoms with Gasteiger partial charge >= 0.3 is 0 Å². The minimum Gasteiger partial charge on any atom is -0.396 e. The summed E-state index contributed by atoms with van der Waals surface area (Å²) in [5.41, 5.74) is 3.41. The Bertz CT molecular complexity index is 562. The minimum absolute atomic E-state index is 0.244.